The normalized spacial score (nSPS) is 28.5. The molecule has 5 heteroatoms. The summed E-state index contributed by atoms with van der Waals surface area (Å²) >= 11 is 0. The second-order valence-electron chi connectivity index (χ2n) is 4.11. The summed E-state index contributed by atoms with van der Waals surface area (Å²) < 4.78 is 0. The zero-order valence-corrected chi connectivity index (χ0v) is 8.31. The first-order valence-corrected chi connectivity index (χ1v) is 5.15. The van der Waals surface area contributed by atoms with Gasteiger partial charge in [0, 0.05) is 18.9 Å². The number of aliphatic carboxylic acids is 1. The fourth-order valence-electron chi connectivity index (χ4n) is 2.49. The lowest BCUT2D eigenvalue weighted by Crippen LogP contribution is -2.36. The zero-order valence-electron chi connectivity index (χ0n) is 8.31. The summed E-state index contributed by atoms with van der Waals surface area (Å²) in [6.45, 7) is 0. The summed E-state index contributed by atoms with van der Waals surface area (Å²) in [4.78, 5) is 35.0. The summed E-state index contributed by atoms with van der Waals surface area (Å²) in [5.41, 5.74) is 0. The fraction of sp³-hybridized carbons (Fsp3) is 0.700. The lowest BCUT2D eigenvalue weighted by atomic mass is 10.00. The number of hydrogen-bond donors (Lipinski definition) is 1. The molecule has 0 saturated carbocycles. The molecule has 2 atom stereocenters. The quantitative estimate of drug-likeness (QED) is 0.722. The third-order valence-electron chi connectivity index (χ3n) is 3.15. The maximum Gasteiger partial charge on any atom is 0.303 e. The highest BCUT2D eigenvalue weighted by atomic mass is 16.4. The van der Waals surface area contributed by atoms with Crippen molar-refractivity contribution in [3.05, 3.63) is 0 Å². The lowest BCUT2D eigenvalue weighted by molar-refractivity contribution is -0.141. The largest absolute Gasteiger partial charge is 0.481 e. The van der Waals surface area contributed by atoms with Crippen LogP contribution in [0.15, 0.2) is 0 Å². The van der Waals surface area contributed by atoms with Gasteiger partial charge in [0.25, 0.3) is 0 Å². The molecule has 2 aliphatic heterocycles. The van der Waals surface area contributed by atoms with Gasteiger partial charge < -0.3 is 10.0 Å². The number of carboxylic acid groups (broad SMARTS) is 1. The van der Waals surface area contributed by atoms with E-state index in [-0.39, 0.29) is 36.6 Å². The van der Waals surface area contributed by atoms with E-state index in [0.717, 1.165) is 12.8 Å². The van der Waals surface area contributed by atoms with Crippen molar-refractivity contribution in [3.63, 3.8) is 0 Å². The van der Waals surface area contributed by atoms with E-state index >= 15 is 0 Å². The topological polar surface area (TPSA) is 74.7 Å². The van der Waals surface area contributed by atoms with Crippen LogP contribution in [0.3, 0.4) is 0 Å². The van der Waals surface area contributed by atoms with E-state index in [1.807, 2.05) is 0 Å². The average Bonchev–Trinajstić information content (AvgIpc) is 2.70. The molecule has 2 saturated heterocycles. The zero-order chi connectivity index (χ0) is 11.0. The Labute approximate surface area is 87.1 Å². The third-order valence-corrected chi connectivity index (χ3v) is 3.15. The van der Waals surface area contributed by atoms with E-state index in [9.17, 15) is 14.4 Å². The first kappa shape index (κ1) is 10.1. The number of ketones is 1. The van der Waals surface area contributed by atoms with Crippen LogP contribution >= 0.6 is 0 Å². The Balaban J connectivity index is 1.97. The van der Waals surface area contributed by atoms with Crippen molar-refractivity contribution in [1.82, 2.24) is 4.90 Å². The molecule has 2 heterocycles. The first-order valence-electron chi connectivity index (χ1n) is 5.15. The minimum absolute atomic E-state index is 0.00954. The number of Topliss-reactive ketones (excluding diaryl/α,β-unsaturated/α-hetero) is 1. The predicted octanol–water partition coefficient (Wildman–Crippen LogP) is 0.184. The standard InChI is InChI=1S/C10H13NO4/c12-8-5-6-1-2-7(8)11(6)9(13)3-4-10(14)15/h6-7H,1-5H2,(H,14,15)/t6?,7-/m1/s1. The van der Waals surface area contributed by atoms with Crippen molar-refractivity contribution >= 4 is 17.7 Å². The van der Waals surface area contributed by atoms with E-state index in [2.05, 4.69) is 0 Å². The molecule has 5 nitrogen and oxygen atoms in total. The second-order valence-corrected chi connectivity index (χ2v) is 4.11. The predicted molar refractivity (Wildman–Crippen MR) is 50.1 cm³/mol. The van der Waals surface area contributed by atoms with Crippen LogP contribution in [0.4, 0.5) is 0 Å². The van der Waals surface area contributed by atoms with Crippen molar-refractivity contribution in [3.8, 4) is 0 Å². The molecule has 1 unspecified atom stereocenters. The molecular weight excluding hydrogens is 198 g/mol. The Hall–Kier alpha value is -1.39. The van der Waals surface area contributed by atoms with E-state index < -0.39 is 5.97 Å². The van der Waals surface area contributed by atoms with Crippen molar-refractivity contribution < 1.29 is 19.5 Å². The SMILES string of the molecule is O=C(O)CCC(=O)N1C2CC[C@@H]1C(=O)C2. The second kappa shape index (κ2) is 3.64. The highest BCUT2D eigenvalue weighted by Crippen LogP contribution is 2.35. The molecular formula is C10H13NO4. The first-order chi connectivity index (χ1) is 7.09. The van der Waals surface area contributed by atoms with Crippen LogP contribution in [0.2, 0.25) is 0 Å². The van der Waals surface area contributed by atoms with Gasteiger partial charge in [-0.1, -0.05) is 0 Å². The highest BCUT2D eigenvalue weighted by Gasteiger charge is 2.47. The average molecular weight is 211 g/mol. The van der Waals surface area contributed by atoms with E-state index in [1.54, 1.807) is 4.90 Å². The van der Waals surface area contributed by atoms with Gasteiger partial charge in [-0.15, -0.1) is 0 Å². The van der Waals surface area contributed by atoms with Gasteiger partial charge in [0.15, 0.2) is 5.78 Å². The number of fused-ring (bicyclic) bond motifs is 2. The Morgan fingerprint density at radius 1 is 1.33 bits per heavy atom. The Bertz CT molecular complexity index is 325. The molecule has 2 fully saturated rings. The summed E-state index contributed by atoms with van der Waals surface area (Å²) in [5, 5.41) is 8.47. The van der Waals surface area contributed by atoms with Crippen LogP contribution < -0.4 is 0 Å². The fourth-order valence-corrected chi connectivity index (χ4v) is 2.49. The van der Waals surface area contributed by atoms with Crippen molar-refractivity contribution in [2.45, 2.75) is 44.2 Å². The van der Waals surface area contributed by atoms with Gasteiger partial charge in [-0.25, -0.2) is 0 Å². The van der Waals surface area contributed by atoms with Gasteiger partial charge >= 0.3 is 5.97 Å². The van der Waals surface area contributed by atoms with Crippen LogP contribution in [-0.4, -0.2) is 39.7 Å². The van der Waals surface area contributed by atoms with Crippen molar-refractivity contribution in [1.29, 1.82) is 0 Å². The molecule has 0 aromatic rings. The number of amides is 1. The lowest BCUT2D eigenvalue weighted by Gasteiger charge is -2.20. The molecule has 1 N–H and O–H groups in total. The minimum Gasteiger partial charge on any atom is -0.481 e. The summed E-state index contributed by atoms with van der Waals surface area (Å²) in [7, 11) is 0. The van der Waals surface area contributed by atoms with Gasteiger partial charge in [-0.3, -0.25) is 14.4 Å². The number of carbonyl (C=O) groups is 3. The summed E-state index contributed by atoms with van der Waals surface area (Å²) in [6, 6.07) is -0.208. The Kier molecular flexibility index (Phi) is 2.46. The van der Waals surface area contributed by atoms with Crippen LogP contribution in [0, 0.1) is 0 Å². The Morgan fingerprint density at radius 3 is 2.53 bits per heavy atom. The highest BCUT2D eigenvalue weighted by molar-refractivity contribution is 5.94. The van der Waals surface area contributed by atoms with E-state index in [0.29, 0.717) is 6.42 Å². The van der Waals surface area contributed by atoms with Crippen LogP contribution in [0.1, 0.15) is 32.1 Å². The van der Waals surface area contributed by atoms with Gasteiger partial charge in [0.2, 0.25) is 5.91 Å². The molecule has 0 aliphatic carbocycles. The molecule has 0 radical (unpaired) electrons. The molecule has 2 bridgehead atoms. The number of rotatable bonds is 3. The summed E-state index contributed by atoms with van der Waals surface area (Å²) in [5.74, 6) is -1.02. The van der Waals surface area contributed by atoms with E-state index in [1.165, 1.54) is 0 Å². The molecule has 82 valence electrons. The maximum atomic E-state index is 11.7. The maximum absolute atomic E-state index is 11.7. The number of nitrogens with zero attached hydrogens (tertiary/aromatic N) is 1. The molecule has 0 aromatic heterocycles. The minimum atomic E-state index is -0.971. The van der Waals surface area contributed by atoms with Crippen LogP contribution in [-0.2, 0) is 14.4 Å². The molecule has 2 aliphatic rings. The van der Waals surface area contributed by atoms with Crippen molar-refractivity contribution in [2.24, 2.45) is 0 Å². The molecule has 15 heavy (non-hydrogen) atoms. The summed E-state index contributed by atoms with van der Waals surface area (Å²) in [6.07, 6.45) is 1.96. The number of carbonyl (C=O) groups excluding carboxylic acids is 2. The van der Waals surface area contributed by atoms with Gasteiger partial charge in [-0.2, -0.15) is 0 Å². The van der Waals surface area contributed by atoms with Gasteiger partial charge in [-0.05, 0) is 12.8 Å². The monoisotopic (exact) mass is 211 g/mol. The smallest absolute Gasteiger partial charge is 0.303 e. The molecule has 0 spiro atoms. The van der Waals surface area contributed by atoms with Gasteiger partial charge in [0.05, 0.1) is 12.5 Å². The molecule has 1 amide bonds. The number of hydrogen-bond acceptors (Lipinski definition) is 3. The van der Waals surface area contributed by atoms with E-state index in [4.69, 9.17) is 5.11 Å². The van der Waals surface area contributed by atoms with Crippen LogP contribution in [0.25, 0.3) is 0 Å². The Morgan fingerprint density at radius 2 is 2.07 bits per heavy atom. The van der Waals surface area contributed by atoms with Crippen molar-refractivity contribution in [2.75, 3.05) is 0 Å². The third kappa shape index (κ3) is 1.73. The van der Waals surface area contributed by atoms with Crippen LogP contribution in [0.5, 0.6) is 0 Å². The molecule has 0 aromatic carbocycles. The number of carboxylic acids is 1. The van der Waals surface area contributed by atoms with Gasteiger partial charge in [0.1, 0.15) is 0 Å². The molecule has 2 rings (SSSR count).